The Morgan fingerprint density at radius 2 is 1.19 bits per heavy atom. The molecule has 0 spiro atoms. The predicted molar refractivity (Wildman–Crippen MR) is 114 cm³/mol. The van der Waals surface area contributed by atoms with E-state index >= 15 is 0 Å². The number of nitrogens with zero attached hydrogens (tertiary/aromatic N) is 1. The van der Waals surface area contributed by atoms with Crippen molar-refractivity contribution in [1.82, 2.24) is 0 Å². The monoisotopic (exact) mass is 347 g/mol. The van der Waals surface area contributed by atoms with Crippen LogP contribution >= 0.6 is 0 Å². The van der Waals surface area contributed by atoms with Crippen molar-refractivity contribution >= 4 is 11.4 Å². The van der Waals surface area contributed by atoms with Crippen LogP contribution in [0.4, 0.5) is 11.4 Å². The third-order valence-electron chi connectivity index (χ3n) is 5.55. The lowest BCUT2D eigenvalue weighted by Crippen LogP contribution is -2.22. The standard InChI is InChI=1S/C26H21N/c1-27-24-15-9-8-14-22(24)26(20-12-6-3-7-13-20)23-18-21(16-17-25(23)27)19-10-4-2-5-11-19/h2-18,26H,1H3. The van der Waals surface area contributed by atoms with E-state index in [0.29, 0.717) is 0 Å². The molecular formula is C26H21N. The molecule has 0 bridgehead atoms. The smallest absolute Gasteiger partial charge is 0.0450 e. The van der Waals surface area contributed by atoms with Crippen molar-refractivity contribution < 1.29 is 0 Å². The minimum Gasteiger partial charge on any atom is -0.344 e. The minimum atomic E-state index is 0.247. The zero-order chi connectivity index (χ0) is 18.2. The Balaban J connectivity index is 1.75. The molecule has 0 N–H and O–H groups in total. The maximum atomic E-state index is 2.37. The number of hydrogen-bond donors (Lipinski definition) is 0. The number of rotatable bonds is 2. The van der Waals surface area contributed by atoms with E-state index in [1.807, 2.05) is 0 Å². The lowest BCUT2D eigenvalue weighted by atomic mass is 9.79. The van der Waals surface area contributed by atoms with E-state index in [-0.39, 0.29) is 5.92 Å². The minimum absolute atomic E-state index is 0.247. The largest absolute Gasteiger partial charge is 0.344 e. The molecule has 1 heterocycles. The highest BCUT2D eigenvalue weighted by atomic mass is 15.1. The fourth-order valence-corrected chi connectivity index (χ4v) is 4.24. The molecule has 4 aromatic carbocycles. The van der Waals surface area contributed by atoms with Gasteiger partial charge in [0.1, 0.15) is 0 Å². The molecule has 0 radical (unpaired) electrons. The van der Waals surface area contributed by atoms with E-state index in [2.05, 4.69) is 115 Å². The molecule has 0 aliphatic carbocycles. The van der Waals surface area contributed by atoms with E-state index in [0.717, 1.165) is 0 Å². The molecule has 1 heteroatoms. The maximum Gasteiger partial charge on any atom is 0.0450 e. The highest BCUT2D eigenvalue weighted by Gasteiger charge is 2.29. The Bertz CT molecular complexity index is 1080. The van der Waals surface area contributed by atoms with Gasteiger partial charge in [-0.05, 0) is 46.0 Å². The van der Waals surface area contributed by atoms with Gasteiger partial charge < -0.3 is 4.90 Å². The van der Waals surface area contributed by atoms with Crippen LogP contribution in [0.5, 0.6) is 0 Å². The summed E-state index contributed by atoms with van der Waals surface area (Å²) in [5, 5.41) is 0. The molecule has 0 saturated carbocycles. The molecule has 130 valence electrons. The number of hydrogen-bond acceptors (Lipinski definition) is 1. The SMILES string of the molecule is CN1c2ccccc2C(c2ccccc2)c2cc(-c3ccccc3)ccc21. The molecule has 0 aromatic heterocycles. The molecule has 1 nitrogen and oxygen atoms in total. The van der Waals surface area contributed by atoms with Gasteiger partial charge in [0.15, 0.2) is 0 Å². The summed E-state index contributed by atoms with van der Waals surface area (Å²) >= 11 is 0. The van der Waals surface area contributed by atoms with Crippen molar-refractivity contribution in [3.63, 3.8) is 0 Å². The molecule has 0 fully saturated rings. The summed E-state index contributed by atoms with van der Waals surface area (Å²) in [7, 11) is 2.17. The summed E-state index contributed by atoms with van der Waals surface area (Å²) in [6, 6.07) is 37.1. The Hall–Kier alpha value is -3.32. The van der Waals surface area contributed by atoms with Crippen molar-refractivity contribution in [3.05, 3.63) is 120 Å². The first kappa shape index (κ1) is 15.9. The lowest BCUT2D eigenvalue weighted by Gasteiger charge is -2.36. The molecule has 1 aliphatic heterocycles. The summed E-state index contributed by atoms with van der Waals surface area (Å²) < 4.78 is 0. The first-order valence-electron chi connectivity index (χ1n) is 9.40. The van der Waals surface area contributed by atoms with Crippen LogP contribution < -0.4 is 4.90 Å². The Labute approximate surface area is 160 Å². The average Bonchev–Trinajstić information content (AvgIpc) is 2.75. The summed E-state index contributed by atoms with van der Waals surface area (Å²) in [6.45, 7) is 0. The molecule has 1 aliphatic rings. The lowest BCUT2D eigenvalue weighted by molar-refractivity contribution is 0.927. The molecular weight excluding hydrogens is 326 g/mol. The van der Waals surface area contributed by atoms with Crippen molar-refractivity contribution in [2.24, 2.45) is 0 Å². The van der Waals surface area contributed by atoms with Gasteiger partial charge in [-0.2, -0.15) is 0 Å². The van der Waals surface area contributed by atoms with Gasteiger partial charge >= 0.3 is 0 Å². The van der Waals surface area contributed by atoms with E-state index in [1.54, 1.807) is 0 Å². The third kappa shape index (κ3) is 2.63. The van der Waals surface area contributed by atoms with E-state index in [9.17, 15) is 0 Å². The van der Waals surface area contributed by atoms with Crippen LogP contribution in [0.2, 0.25) is 0 Å². The van der Waals surface area contributed by atoms with Crippen LogP contribution in [0.15, 0.2) is 103 Å². The number of fused-ring (bicyclic) bond motifs is 2. The second-order valence-corrected chi connectivity index (χ2v) is 7.10. The molecule has 0 saturated heterocycles. The van der Waals surface area contributed by atoms with Gasteiger partial charge in [0.25, 0.3) is 0 Å². The normalized spacial score (nSPS) is 15.1. The molecule has 1 atom stereocenters. The van der Waals surface area contributed by atoms with Crippen LogP contribution in [0.25, 0.3) is 11.1 Å². The third-order valence-corrected chi connectivity index (χ3v) is 5.55. The molecule has 5 rings (SSSR count). The van der Waals surface area contributed by atoms with Crippen molar-refractivity contribution in [1.29, 1.82) is 0 Å². The Morgan fingerprint density at radius 1 is 0.556 bits per heavy atom. The van der Waals surface area contributed by atoms with Gasteiger partial charge in [0, 0.05) is 24.3 Å². The Morgan fingerprint density at radius 3 is 1.96 bits per heavy atom. The van der Waals surface area contributed by atoms with Crippen LogP contribution in [-0.2, 0) is 0 Å². The molecule has 27 heavy (non-hydrogen) atoms. The number of para-hydroxylation sites is 1. The van der Waals surface area contributed by atoms with E-state index in [1.165, 1.54) is 39.2 Å². The number of benzene rings is 4. The van der Waals surface area contributed by atoms with Crippen LogP contribution in [0, 0.1) is 0 Å². The van der Waals surface area contributed by atoms with Gasteiger partial charge in [-0.25, -0.2) is 0 Å². The van der Waals surface area contributed by atoms with Crippen molar-refractivity contribution in [2.75, 3.05) is 11.9 Å². The fraction of sp³-hybridized carbons (Fsp3) is 0.0769. The summed E-state index contributed by atoms with van der Waals surface area (Å²) in [4.78, 5) is 2.32. The maximum absolute atomic E-state index is 2.37. The van der Waals surface area contributed by atoms with Crippen LogP contribution in [0.3, 0.4) is 0 Å². The van der Waals surface area contributed by atoms with E-state index in [4.69, 9.17) is 0 Å². The predicted octanol–water partition coefficient (Wildman–Crippen LogP) is 6.62. The van der Waals surface area contributed by atoms with Crippen molar-refractivity contribution in [2.45, 2.75) is 5.92 Å². The topological polar surface area (TPSA) is 3.24 Å². The van der Waals surface area contributed by atoms with Crippen LogP contribution in [0.1, 0.15) is 22.6 Å². The van der Waals surface area contributed by atoms with Gasteiger partial charge in [-0.3, -0.25) is 0 Å². The van der Waals surface area contributed by atoms with Gasteiger partial charge in [0.2, 0.25) is 0 Å². The summed E-state index contributed by atoms with van der Waals surface area (Å²) in [5.74, 6) is 0.247. The summed E-state index contributed by atoms with van der Waals surface area (Å²) in [5.41, 5.74) is 9.16. The molecule has 0 amide bonds. The second kappa shape index (κ2) is 6.44. The molecule has 1 unspecified atom stereocenters. The zero-order valence-corrected chi connectivity index (χ0v) is 15.3. The fourth-order valence-electron chi connectivity index (χ4n) is 4.24. The molecule has 4 aromatic rings. The van der Waals surface area contributed by atoms with Gasteiger partial charge in [-0.1, -0.05) is 84.9 Å². The number of anilines is 2. The zero-order valence-electron chi connectivity index (χ0n) is 15.3. The van der Waals surface area contributed by atoms with Gasteiger partial charge in [0.05, 0.1) is 0 Å². The van der Waals surface area contributed by atoms with Crippen molar-refractivity contribution in [3.8, 4) is 11.1 Å². The first-order chi connectivity index (χ1) is 13.3. The summed E-state index contributed by atoms with van der Waals surface area (Å²) in [6.07, 6.45) is 0. The average molecular weight is 347 g/mol. The Kier molecular flexibility index (Phi) is 3.79. The first-order valence-corrected chi connectivity index (χ1v) is 9.40. The quantitative estimate of drug-likeness (QED) is 0.394. The van der Waals surface area contributed by atoms with Crippen LogP contribution in [-0.4, -0.2) is 7.05 Å². The second-order valence-electron chi connectivity index (χ2n) is 7.10. The van der Waals surface area contributed by atoms with Gasteiger partial charge in [-0.15, -0.1) is 0 Å². The van der Waals surface area contributed by atoms with E-state index < -0.39 is 0 Å². The highest BCUT2D eigenvalue weighted by Crippen LogP contribution is 2.48. The highest BCUT2D eigenvalue weighted by molar-refractivity contribution is 5.80.